The molecule has 0 atom stereocenters. The van der Waals surface area contributed by atoms with Gasteiger partial charge in [0.1, 0.15) is 5.82 Å². The SMILES string of the molecule is [CH2]c1cccnc1N. The van der Waals surface area contributed by atoms with Crippen molar-refractivity contribution < 1.29 is 0 Å². The van der Waals surface area contributed by atoms with Crippen LogP contribution >= 0.6 is 0 Å². The first kappa shape index (κ1) is 5.09. The Labute approximate surface area is 48.4 Å². The van der Waals surface area contributed by atoms with E-state index in [9.17, 15) is 0 Å². The van der Waals surface area contributed by atoms with Gasteiger partial charge >= 0.3 is 0 Å². The Kier molecular flexibility index (Phi) is 1.16. The molecule has 0 saturated carbocycles. The molecular weight excluding hydrogens is 100 g/mol. The van der Waals surface area contributed by atoms with Crippen LogP contribution < -0.4 is 5.73 Å². The molecule has 1 heterocycles. The third-order valence-electron chi connectivity index (χ3n) is 0.926. The van der Waals surface area contributed by atoms with Crippen LogP contribution in [0.2, 0.25) is 0 Å². The molecule has 0 aliphatic heterocycles. The number of hydrogen-bond acceptors (Lipinski definition) is 2. The van der Waals surface area contributed by atoms with Crippen LogP contribution in [0.1, 0.15) is 5.56 Å². The summed E-state index contributed by atoms with van der Waals surface area (Å²) < 4.78 is 0. The number of pyridine rings is 1. The molecule has 0 fully saturated rings. The van der Waals surface area contributed by atoms with Crippen LogP contribution in [-0.2, 0) is 0 Å². The van der Waals surface area contributed by atoms with E-state index in [1.54, 1.807) is 12.3 Å². The van der Waals surface area contributed by atoms with Crippen LogP contribution in [0.25, 0.3) is 0 Å². The average molecular weight is 107 g/mol. The summed E-state index contributed by atoms with van der Waals surface area (Å²) in [5.41, 5.74) is 6.13. The van der Waals surface area contributed by atoms with Gasteiger partial charge in [0, 0.05) is 6.20 Å². The Bertz CT molecular complexity index is 163. The first-order valence-corrected chi connectivity index (χ1v) is 2.33. The molecule has 1 radical (unpaired) electrons. The summed E-state index contributed by atoms with van der Waals surface area (Å²) in [6, 6.07) is 3.63. The molecule has 1 aromatic rings. The summed E-state index contributed by atoms with van der Waals surface area (Å²) in [5.74, 6) is 0.507. The summed E-state index contributed by atoms with van der Waals surface area (Å²) in [4.78, 5) is 3.79. The van der Waals surface area contributed by atoms with Gasteiger partial charge in [-0.3, -0.25) is 0 Å². The summed E-state index contributed by atoms with van der Waals surface area (Å²) in [7, 11) is 0. The maximum Gasteiger partial charge on any atom is 0.126 e. The van der Waals surface area contributed by atoms with Crippen LogP contribution in [0.5, 0.6) is 0 Å². The minimum atomic E-state index is 0.507. The monoisotopic (exact) mass is 107 g/mol. The zero-order chi connectivity index (χ0) is 5.98. The third-order valence-corrected chi connectivity index (χ3v) is 0.926. The van der Waals surface area contributed by atoms with Gasteiger partial charge in [-0.1, -0.05) is 6.07 Å². The molecule has 0 spiro atoms. The van der Waals surface area contributed by atoms with Gasteiger partial charge in [0.25, 0.3) is 0 Å². The fraction of sp³-hybridized carbons (Fsp3) is 0. The highest BCUT2D eigenvalue weighted by Gasteiger charge is 1.86. The van der Waals surface area contributed by atoms with Crippen LogP contribution in [0.15, 0.2) is 18.3 Å². The van der Waals surface area contributed by atoms with Crippen molar-refractivity contribution in [3.63, 3.8) is 0 Å². The third kappa shape index (κ3) is 0.780. The molecule has 0 saturated heterocycles. The highest BCUT2D eigenvalue weighted by Crippen LogP contribution is 2.01. The van der Waals surface area contributed by atoms with Gasteiger partial charge in [-0.25, -0.2) is 4.98 Å². The topological polar surface area (TPSA) is 38.9 Å². The molecule has 0 bridgehead atoms. The van der Waals surface area contributed by atoms with Gasteiger partial charge in [0.05, 0.1) is 0 Å². The Morgan fingerprint density at radius 1 is 1.62 bits per heavy atom. The van der Waals surface area contributed by atoms with Crippen molar-refractivity contribution in [2.75, 3.05) is 5.73 Å². The number of rotatable bonds is 0. The standard InChI is InChI=1S/C6H7N2/c1-5-3-2-4-8-6(5)7/h2-4H,1H2,(H2,7,8). The normalized spacial score (nSPS) is 9.12. The lowest BCUT2D eigenvalue weighted by molar-refractivity contribution is 1.31. The Morgan fingerprint density at radius 2 is 2.38 bits per heavy atom. The van der Waals surface area contributed by atoms with Gasteiger partial charge in [-0.2, -0.15) is 0 Å². The number of nitrogens with zero attached hydrogens (tertiary/aromatic N) is 1. The van der Waals surface area contributed by atoms with E-state index < -0.39 is 0 Å². The quantitative estimate of drug-likeness (QED) is 0.533. The van der Waals surface area contributed by atoms with Crippen LogP contribution in [-0.4, -0.2) is 4.98 Å². The molecule has 0 aliphatic carbocycles. The largest absolute Gasteiger partial charge is 0.383 e. The minimum absolute atomic E-state index is 0.507. The van der Waals surface area contributed by atoms with Gasteiger partial charge < -0.3 is 5.73 Å². The predicted molar refractivity (Wildman–Crippen MR) is 33.1 cm³/mol. The lowest BCUT2D eigenvalue weighted by Gasteiger charge is -1.92. The van der Waals surface area contributed by atoms with E-state index >= 15 is 0 Å². The molecular formula is C6H7N2. The highest BCUT2D eigenvalue weighted by atomic mass is 14.8. The Morgan fingerprint density at radius 3 is 2.75 bits per heavy atom. The fourth-order valence-electron chi connectivity index (χ4n) is 0.451. The molecule has 0 aliphatic rings. The first-order valence-electron chi connectivity index (χ1n) is 2.33. The van der Waals surface area contributed by atoms with Gasteiger partial charge in [0.15, 0.2) is 0 Å². The molecule has 2 nitrogen and oxygen atoms in total. The van der Waals surface area contributed by atoms with Crippen molar-refractivity contribution in [3.05, 3.63) is 30.8 Å². The Hall–Kier alpha value is -1.05. The molecule has 2 N–H and O–H groups in total. The Balaban J connectivity index is 3.13. The average Bonchev–Trinajstić information content (AvgIpc) is 1.77. The van der Waals surface area contributed by atoms with Crippen LogP contribution in [0, 0.1) is 6.92 Å². The molecule has 2 heteroatoms. The smallest absolute Gasteiger partial charge is 0.126 e. The molecule has 0 amide bonds. The van der Waals surface area contributed by atoms with Gasteiger partial charge in [-0.05, 0) is 18.6 Å². The van der Waals surface area contributed by atoms with E-state index in [0.29, 0.717) is 5.82 Å². The first-order chi connectivity index (χ1) is 3.80. The van der Waals surface area contributed by atoms with Crippen molar-refractivity contribution in [1.82, 2.24) is 4.98 Å². The second-order valence-corrected chi connectivity index (χ2v) is 1.55. The van der Waals surface area contributed by atoms with E-state index in [-0.39, 0.29) is 0 Å². The second kappa shape index (κ2) is 1.82. The van der Waals surface area contributed by atoms with E-state index in [1.807, 2.05) is 6.07 Å². The van der Waals surface area contributed by atoms with E-state index in [1.165, 1.54) is 0 Å². The molecule has 1 rings (SSSR count). The fourth-order valence-corrected chi connectivity index (χ4v) is 0.451. The summed E-state index contributed by atoms with van der Waals surface area (Å²) >= 11 is 0. The van der Waals surface area contributed by atoms with Crippen molar-refractivity contribution in [2.45, 2.75) is 0 Å². The molecule has 41 valence electrons. The van der Waals surface area contributed by atoms with Crippen LogP contribution in [0.3, 0.4) is 0 Å². The summed E-state index contributed by atoms with van der Waals surface area (Å²) in [6.07, 6.45) is 1.64. The summed E-state index contributed by atoms with van der Waals surface area (Å²) in [6.45, 7) is 3.63. The maximum absolute atomic E-state index is 5.35. The van der Waals surface area contributed by atoms with Crippen molar-refractivity contribution >= 4 is 5.82 Å². The maximum atomic E-state index is 5.35. The molecule has 8 heavy (non-hydrogen) atoms. The zero-order valence-corrected chi connectivity index (χ0v) is 4.46. The predicted octanol–water partition coefficient (Wildman–Crippen LogP) is 0.846. The van der Waals surface area contributed by atoms with Crippen molar-refractivity contribution in [3.8, 4) is 0 Å². The van der Waals surface area contributed by atoms with Crippen molar-refractivity contribution in [1.29, 1.82) is 0 Å². The highest BCUT2D eigenvalue weighted by molar-refractivity contribution is 5.39. The number of hydrogen-bond donors (Lipinski definition) is 1. The zero-order valence-electron chi connectivity index (χ0n) is 4.46. The van der Waals surface area contributed by atoms with Gasteiger partial charge in [0.2, 0.25) is 0 Å². The van der Waals surface area contributed by atoms with E-state index in [2.05, 4.69) is 11.9 Å². The number of nitrogens with two attached hydrogens (primary N) is 1. The molecule has 1 aromatic heterocycles. The molecule has 0 unspecified atom stereocenters. The van der Waals surface area contributed by atoms with Crippen LogP contribution in [0.4, 0.5) is 5.82 Å². The number of aromatic nitrogens is 1. The van der Waals surface area contributed by atoms with Gasteiger partial charge in [-0.15, -0.1) is 0 Å². The second-order valence-electron chi connectivity index (χ2n) is 1.55. The minimum Gasteiger partial charge on any atom is -0.383 e. The van der Waals surface area contributed by atoms with E-state index in [4.69, 9.17) is 5.73 Å². The lowest BCUT2D eigenvalue weighted by Crippen LogP contribution is -1.90. The molecule has 0 aromatic carbocycles. The van der Waals surface area contributed by atoms with Crippen molar-refractivity contribution in [2.24, 2.45) is 0 Å². The van der Waals surface area contributed by atoms with E-state index in [0.717, 1.165) is 5.56 Å². The number of nitrogen functional groups attached to an aromatic ring is 1. The number of anilines is 1. The lowest BCUT2D eigenvalue weighted by atomic mass is 10.3. The summed E-state index contributed by atoms with van der Waals surface area (Å²) in [5, 5.41) is 0.